The van der Waals surface area contributed by atoms with Gasteiger partial charge in [-0.25, -0.2) is 9.97 Å². The summed E-state index contributed by atoms with van der Waals surface area (Å²) in [7, 11) is 0. The molecule has 126 valence electrons. The molecule has 0 aliphatic heterocycles. The number of nitrogens with one attached hydrogen (secondary N) is 2. The van der Waals surface area contributed by atoms with Crippen LogP contribution in [0.25, 0.3) is 0 Å². The van der Waals surface area contributed by atoms with Gasteiger partial charge in [0.25, 0.3) is 0 Å². The normalized spacial score (nSPS) is 10.3. The van der Waals surface area contributed by atoms with Gasteiger partial charge in [0.05, 0.1) is 4.92 Å². The molecule has 8 nitrogen and oxygen atoms in total. The summed E-state index contributed by atoms with van der Waals surface area (Å²) >= 11 is 0. The van der Waals surface area contributed by atoms with E-state index in [-0.39, 0.29) is 17.3 Å². The molecule has 0 bridgehead atoms. The first kappa shape index (κ1) is 16.3. The predicted molar refractivity (Wildman–Crippen MR) is 95.4 cm³/mol. The lowest BCUT2D eigenvalue weighted by Gasteiger charge is -2.11. The number of nitrogens with zero attached hydrogens (tertiary/aromatic N) is 4. The molecule has 8 heteroatoms. The van der Waals surface area contributed by atoms with E-state index < -0.39 is 4.92 Å². The van der Waals surface area contributed by atoms with E-state index in [0.29, 0.717) is 5.69 Å². The third-order valence-electron chi connectivity index (χ3n) is 3.43. The van der Waals surface area contributed by atoms with E-state index in [9.17, 15) is 10.1 Å². The molecule has 0 saturated carbocycles. The third kappa shape index (κ3) is 3.86. The minimum atomic E-state index is -0.505. The average Bonchev–Trinajstić information content (AvgIpc) is 2.54. The molecule has 0 saturated heterocycles. The highest BCUT2D eigenvalue weighted by Gasteiger charge is 2.23. The Morgan fingerprint density at radius 2 is 1.48 bits per heavy atom. The summed E-state index contributed by atoms with van der Waals surface area (Å²) < 4.78 is 0. The molecule has 2 aromatic heterocycles. The highest BCUT2D eigenvalue weighted by Crippen LogP contribution is 2.33. The molecular formula is C17H16N6O2. The monoisotopic (exact) mass is 336 g/mol. The molecule has 2 heterocycles. The zero-order valence-corrected chi connectivity index (χ0v) is 13.7. The van der Waals surface area contributed by atoms with Crippen molar-refractivity contribution in [2.75, 3.05) is 10.6 Å². The maximum absolute atomic E-state index is 11.6. The molecule has 0 spiro atoms. The van der Waals surface area contributed by atoms with Crippen molar-refractivity contribution in [3.05, 3.63) is 70.3 Å². The molecule has 0 amide bonds. The maximum Gasteiger partial charge on any atom is 0.353 e. The third-order valence-corrected chi connectivity index (χ3v) is 3.43. The molecule has 3 rings (SSSR count). The molecule has 0 fully saturated rings. The molecule has 0 atom stereocenters. The average molecular weight is 336 g/mol. The first-order chi connectivity index (χ1) is 12.0. The maximum atomic E-state index is 11.6. The largest absolute Gasteiger partial charge is 0.353 e. The molecule has 2 N–H and O–H groups in total. The fraction of sp³-hybridized carbons (Fsp3) is 0.118. The van der Waals surface area contributed by atoms with Crippen molar-refractivity contribution < 1.29 is 4.92 Å². The Balaban J connectivity index is 1.99. The lowest BCUT2D eigenvalue weighted by Crippen LogP contribution is -2.05. The van der Waals surface area contributed by atoms with Crippen molar-refractivity contribution in [2.24, 2.45) is 0 Å². The quantitative estimate of drug-likeness (QED) is 0.538. The first-order valence-electron chi connectivity index (χ1n) is 7.54. The van der Waals surface area contributed by atoms with Gasteiger partial charge in [0, 0.05) is 23.8 Å². The smallest absolute Gasteiger partial charge is 0.334 e. The number of hydrogen-bond acceptors (Lipinski definition) is 7. The molecule has 0 unspecified atom stereocenters. The number of aromatic nitrogens is 3. The van der Waals surface area contributed by atoms with Gasteiger partial charge in [0.1, 0.15) is 6.33 Å². The van der Waals surface area contributed by atoms with E-state index >= 15 is 0 Å². The van der Waals surface area contributed by atoms with Crippen LogP contribution >= 0.6 is 0 Å². The summed E-state index contributed by atoms with van der Waals surface area (Å²) in [5, 5.41) is 17.5. The summed E-state index contributed by atoms with van der Waals surface area (Å²) in [6.45, 7) is 3.92. The second kappa shape index (κ2) is 6.91. The van der Waals surface area contributed by atoms with Crippen molar-refractivity contribution >= 4 is 28.7 Å². The first-order valence-corrected chi connectivity index (χ1v) is 7.54. The van der Waals surface area contributed by atoms with Crippen LogP contribution in [-0.2, 0) is 0 Å². The van der Waals surface area contributed by atoms with Gasteiger partial charge in [-0.1, -0.05) is 6.07 Å². The van der Waals surface area contributed by atoms with Crippen LogP contribution in [0.4, 0.5) is 28.7 Å². The molecule has 0 radical (unpaired) electrons. The Morgan fingerprint density at radius 1 is 0.920 bits per heavy atom. The summed E-state index contributed by atoms with van der Waals surface area (Å²) in [6, 6.07) is 9.21. The van der Waals surface area contributed by atoms with E-state index in [4.69, 9.17) is 0 Å². The Kier molecular flexibility index (Phi) is 4.51. The highest BCUT2D eigenvalue weighted by atomic mass is 16.6. The minimum absolute atomic E-state index is 0.109. The van der Waals surface area contributed by atoms with Crippen LogP contribution < -0.4 is 10.6 Å². The minimum Gasteiger partial charge on any atom is -0.334 e. The van der Waals surface area contributed by atoms with Crippen molar-refractivity contribution in [3.8, 4) is 0 Å². The van der Waals surface area contributed by atoms with Gasteiger partial charge in [-0.15, -0.1) is 0 Å². The van der Waals surface area contributed by atoms with Crippen LogP contribution in [0.2, 0.25) is 0 Å². The number of hydrogen-bond donors (Lipinski definition) is 2. The fourth-order valence-electron chi connectivity index (χ4n) is 2.49. The van der Waals surface area contributed by atoms with Crippen molar-refractivity contribution in [1.29, 1.82) is 0 Å². The van der Waals surface area contributed by atoms with Crippen LogP contribution in [0.3, 0.4) is 0 Å². The van der Waals surface area contributed by atoms with E-state index in [0.717, 1.165) is 16.8 Å². The Labute approximate surface area is 144 Å². The number of anilines is 4. The summed E-state index contributed by atoms with van der Waals surface area (Å²) in [4.78, 5) is 23.0. The Morgan fingerprint density at radius 3 is 2.04 bits per heavy atom. The van der Waals surface area contributed by atoms with E-state index in [1.807, 2.05) is 32.0 Å². The number of rotatable bonds is 5. The highest BCUT2D eigenvalue weighted by molar-refractivity contribution is 5.76. The van der Waals surface area contributed by atoms with Gasteiger partial charge >= 0.3 is 5.69 Å². The summed E-state index contributed by atoms with van der Waals surface area (Å²) in [5.74, 6) is 0.236. The molecule has 1 aromatic carbocycles. The molecular weight excluding hydrogens is 320 g/mol. The second-order valence-electron chi connectivity index (χ2n) is 5.54. The Hall–Kier alpha value is -3.55. The van der Waals surface area contributed by atoms with Gasteiger partial charge in [-0.05, 0) is 49.2 Å². The van der Waals surface area contributed by atoms with Crippen molar-refractivity contribution in [1.82, 2.24) is 15.0 Å². The zero-order chi connectivity index (χ0) is 17.8. The van der Waals surface area contributed by atoms with Crippen molar-refractivity contribution in [2.45, 2.75) is 13.8 Å². The topological polar surface area (TPSA) is 106 Å². The molecule has 0 aliphatic carbocycles. The van der Waals surface area contributed by atoms with Crippen LogP contribution in [0.5, 0.6) is 0 Å². The second-order valence-corrected chi connectivity index (χ2v) is 5.54. The number of aryl methyl sites for hydroxylation is 2. The predicted octanol–water partition coefficient (Wildman–Crippen LogP) is 3.88. The van der Waals surface area contributed by atoms with Crippen molar-refractivity contribution in [3.63, 3.8) is 0 Å². The van der Waals surface area contributed by atoms with Crippen LogP contribution in [0.1, 0.15) is 11.1 Å². The summed E-state index contributed by atoms with van der Waals surface area (Å²) in [6.07, 6.45) is 4.45. The van der Waals surface area contributed by atoms with E-state index in [2.05, 4.69) is 25.6 Å². The molecule has 0 aliphatic rings. The molecule has 3 aromatic rings. The van der Waals surface area contributed by atoms with E-state index in [1.165, 1.54) is 6.33 Å². The zero-order valence-electron chi connectivity index (χ0n) is 13.7. The van der Waals surface area contributed by atoms with Crippen LogP contribution in [0.15, 0.2) is 49.1 Å². The lowest BCUT2D eigenvalue weighted by molar-refractivity contribution is -0.383. The van der Waals surface area contributed by atoms with Crippen LogP contribution in [-0.4, -0.2) is 19.9 Å². The van der Waals surface area contributed by atoms with Gasteiger partial charge in [0.2, 0.25) is 11.6 Å². The number of benzene rings is 1. The fourth-order valence-corrected chi connectivity index (χ4v) is 2.49. The Bertz CT molecular complexity index is 894. The van der Waals surface area contributed by atoms with E-state index in [1.54, 1.807) is 24.5 Å². The molecule has 25 heavy (non-hydrogen) atoms. The number of pyridine rings is 1. The van der Waals surface area contributed by atoms with Crippen LogP contribution in [0, 0.1) is 24.0 Å². The van der Waals surface area contributed by atoms with Gasteiger partial charge in [-0.3, -0.25) is 15.1 Å². The number of nitro groups is 1. The summed E-state index contributed by atoms with van der Waals surface area (Å²) in [5.41, 5.74) is 3.26. The lowest BCUT2D eigenvalue weighted by atomic mass is 10.1. The van der Waals surface area contributed by atoms with Gasteiger partial charge in [-0.2, -0.15) is 0 Å². The standard InChI is InChI=1S/C17H16N6O2/c1-11-7-12(2)9-14(8-11)22-17-15(23(24)25)16(19-10-20-17)21-13-3-5-18-6-4-13/h3-10H,1-2H3,(H2,18,19,20,21,22). The van der Waals surface area contributed by atoms with Gasteiger partial charge < -0.3 is 10.6 Å². The SMILES string of the molecule is Cc1cc(C)cc(Nc2ncnc(Nc3ccncc3)c2[N+](=O)[O-])c1. The van der Waals surface area contributed by atoms with Gasteiger partial charge in [0.15, 0.2) is 0 Å².